The van der Waals surface area contributed by atoms with Crippen LogP contribution in [0.25, 0.3) is 0 Å². The van der Waals surface area contributed by atoms with E-state index in [9.17, 15) is 4.79 Å². The fourth-order valence-corrected chi connectivity index (χ4v) is 0.886. The second kappa shape index (κ2) is 10.1. The molecule has 0 fully saturated rings. The standard InChI is InChI=1S/C11H23NO3/c1-4-11(13)10-15-9-8-14-7-6-12(3)5-2/h4-10H2,1-3H3. The molecule has 0 aromatic carbocycles. The maximum absolute atomic E-state index is 10.9. The van der Waals surface area contributed by atoms with Crippen LogP contribution in [-0.2, 0) is 14.3 Å². The van der Waals surface area contributed by atoms with Gasteiger partial charge in [-0.3, -0.25) is 4.79 Å². The number of carbonyl (C=O) groups excluding carboxylic acids is 1. The summed E-state index contributed by atoms with van der Waals surface area (Å²) in [6, 6.07) is 0. The lowest BCUT2D eigenvalue weighted by Gasteiger charge is -2.13. The van der Waals surface area contributed by atoms with Crippen molar-refractivity contribution in [2.24, 2.45) is 0 Å². The Bertz CT molecular complexity index is 162. The highest BCUT2D eigenvalue weighted by atomic mass is 16.5. The molecular weight excluding hydrogens is 194 g/mol. The van der Waals surface area contributed by atoms with E-state index in [1.165, 1.54) is 0 Å². The normalized spacial score (nSPS) is 10.9. The molecule has 0 saturated heterocycles. The van der Waals surface area contributed by atoms with Crippen molar-refractivity contribution in [1.82, 2.24) is 4.90 Å². The first kappa shape index (κ1) is 14.6. The SMILES string of the molecule is CCC(=O)COCCOCCN(C)CC. The molecule has 90 valence electrons. The molecule has 15 heavy (non-hydrogen) atoms. The van der Waals surface area contributed by atoms with Gasteiger partial charge in [0.1, 0.15) is 6.61 Å². The van der Waals surface area contributed by atoms with E-state index >= 15 is 0 Å². The van der Waals surface area contributed by atoms with Crippen LogP contribution < -0.4 is 0 Å². The lowest BCUT2D eigenvalue weighted by molar-refractivity contribution is -0.123. The molecule has 0 spiro atoms. The lowest BCUT2D eigenvalue weighted by atomic mass is 10.3. The van der Waals surface area contributed by atoms with E-state index in [1.54, 1.807) is 0 Å². The van der Waals surface area contributed by atoms with Crippen LogP contribution in [0.5, 0.6) is 0 Å². The molecule has 4 nitrogen and oxygen atoms in total. The maximum atomic E-state index is 10.9. The molecule has 0 aromatic rings. The molecule has 0 aliphatic heterocycles. The molecule has 0 unspecified atom stereocenters. The predicted octanol–water partition coefficient (Wildman–Crippen LogP) is 0.950. The van der Waals surface area contributed by atoms with E-state index in [-0.39, 0.29) is 12.4 Å². The Morgan fingerprint density at radius 3 is 2.40 bits per heavy atom. The topological polar surface area (TPSA) is 38.8 Å². The minimum atomic E-state index is 0.140. The third-order valence-electron chi connectivity index (χ3n) is 2.19. The Morgan fingerprint density at radius 1 is 1.13 bits per heavy atom. The minimum absolute atomic E-state index is 0.140. The summed E-state index contributed by atoms with van der Waals surface area (Å²) >= 11 is 0. The molecular formula is C11H23NO3. The Hall–Kier alpha value is -0.450. The maximum Gasteiger partial charge on any atom is 0.158 e. The number of likely N-dealkylation sites (N-methyl/N-ethyl adjacent to an activating group) is 1. The van der Waals surface area contributed by atoms with Gasteiger partial charge in [0.05, 0.1) is 19.8 Å². The van der Waals surface area contributed by atoms with Crippen LogP contribution in [0.1, 0.15) is 20.3 Å². The smallest absolute Gasteiger partial charge is 0.158 e. The zero-order chi connectivity index (χ0) is 11.5. The fourth-order valence-electron chi connectivity index (χ4n) is 0.886. The van der Waals surface area contributed by atoms with Gasteiger partial charge in [0.15, 0.2) is 5.78 Å². The van der Waals surface area contributed by atoms with E-state index < -0.39 is 0 Å². The second-order valence-electron chi connectivity index (χ2n) is 3.45. The van der Waals surface area contributed by atoms with Crippen LogP contribution in [0.15, 0.2) is 0 Å². The first-order valence-electron chi connectivity index (χ1n) is 5.56. The minimum Gasteiger partial charge on any atom is -0.378 e. The molecule has 0 aliphatic rings. The summed E-state index contributed by atoms with van der Waals surface area (Å²) in [6.07, 6.45) is 0.544. The van der Waals surface area contributed by atoms with Crippen molar-refractivity contribution in [1.29, 1.82) is 0 Å². The largest absolute Gasteiger partial charge is 0.378 e. The molecule has 0 atom stereocenters. The summed E-state index contributed by atoms with van der Waals surface area (Å²) in [7, 11) is 2.06. The van der Waals surface area contributed by atoms with Gasteiger partial charge in [-0.25, -0.2) is 0 Å². The molecule has 0 saturated carbocycles. The van der Waals surface area contributed by atoms with Gasteiger partial charge in [-0.05, 0) is 13.6 Å². The van der Waals surface area contributed by atoms with Gasteiger partial charge >= 0.3 is 0 Å². The number of hydrogen-bond donors (Lipinski definition) is 0. The van der Waals surface area contributed by atoms with E-state index in [0.29, 0.717) is 19.6 Å². The number of Topliss-reactive ketones (excluding diaryl/α,β-unsaturated/α-hetero) is 1. The van der Waals surface area contributed by atoms with Crippen molar-refractivity contribution in [3.05, 3.63) is 0 Å². The fraction of sp³-hybridized carbons (Fsp3) is 0.909. The highest BCUT2D eigenvalue weighted by Crippen LogP contribution is 1.85. The number of hydrogen-bond acceptors (Lipinski definition) is 4. The van der Waals surface area contributed by atoms with E-state index in [1.807, 2.05) is 6.92 Å². The molecule has 0 rings (SSSR count). The molecule has 0 N–H and O–H groups in total. The van der Waals surface area contributed by atoms with Crippen LogP contribution in [0.2, 0.25) is 0 Å². The Labute approximate surface area is 92.5 Å². The molecule has 0 heterocycles. The Kier molecular flexibility index (Phi) is 9.78. The first-order valence-corrected chi connectivity index (χ1v) is 5.56. The predicted molar refractivity (Wildman–Crippen MR) is 60.1 cm³/mol. The average Bonchev–Trinajstić information content (AvgIpc) is 2.26. The molecule has 4 heteroatoms. The zero-order valence-corrected chi connectivity index (χ0v) is 10.1. The zero-order valence-electron chi connectivity index (χ0n) is 10.1. The van der Waals surface area contributed by atoms with Crippen LogP contribution in [0.4, 0.5) is 0 Å². The number of nitrogens with zero attached hydrogens (tertiary/aromatic N) is 1. The van der Waals surface area contributed by atoms with Gasteiger partial charge in [-0.2, -0.15) is 0 Å². The molecule has 0 aliphatic carbocycles. The van der Waals surface area contributed by atoms with Gasteiger partial charge in [0.25, 0.3) is 0 Å². The lowest BCUT2D eigenvalue weighted by Crippen LogP contribution is -2.23. The summed E-state index contributed by atoms with van der Waals surface area (Å²) in [5.74, 6) is 0.140. The van der Waals surface area contributed by atoms with E-state index in [4.69, 9.17) is 9.47 Å². The summed E-state index contributed by atoms with van der Waals surface area (Å²) in [5, 5.41) is 0. The summed E-state index contributed by atoms with van der Waals surface area (Å²) in [5.41, 5.74) is 0. The molecule has 0 bridgehead atoms. The van der Waals surface area contributed by atoms with Crippen molar-refractivity contribution >= 4 is 5.78 Å². The van der Waals surface area contributed by atoms with Gasteiger partial charge in [-0.15, -0.1) is 0 Å². The van der Waals surface area contributed by atoms with Gasteiger partial charge in [0.2, 0.25) is 0 Å². The highest BCUT2D eigenvalue weighted by molar-refractivity contribution is 5.79. The van der Waals surface area contributed by atoms with E-state index in [0.717, 1.165) is 19.7 Å². The Morgan fingerprint density at radius 2 is 1.80 bits per heavy atom. The van der Waals surface area contributed by atoms with Crippen molar-refractivity contribution in [3.8, 4) is 0 Å². The quantitative estimate of drug-likeness (QED) is 0.511. The van der Waals surface area contributed by atoms with Crippen LogP contribution in [-0.4, -0.2) is 57.2 Å². The number of rotatable bonds is 10. The third kappa shape index (κ3) is 9.85. The first-order chi connectivity index (χ1) is 7.20. The summed E-state index contributed by atoms with van der Waals surface area (Å²) < 4.78 is 10.5. The number of ether oxygens (including phenoxy) is 2. The van der Waals surface area contributed by atoms with Crippen molar-refractivity contribution < 1.29 is 14.3 Å². The summed E-state index contributed by atoms with van der Waals surface area (Å²) in [4.78, 5) is 13.0. The summed E-state index contributed by atoms with van der Waals surface area (Å²) in [6.45, 7) is 7.91. The molecule has 0 radical (unpaired) electrons. The van der Waals surface area contributed by atoms with Crippen LogP contribution >= 0.6 is 0 Å². The Balaban J connectivity index is 3.08. The van der Waals surface area contributed by atoms with Crippen molar-refractivity contribution in [3.63, 3.8) is 0 Å². The van der Waals surface area contributed by atoms with Crippen LogP contribution in [0.3, 0.4) is 0 Å². The van der Waals surface area contributed by atoms with E-state index in [2.05, 4.69) is 18.9 Å². The van der Waals surface area contributed by atoms with Crippen molar-refractivity contribution in [2.75, 3.05) is 46.6 Å². The third-order valence-corrected chi connectivity index (χ3v) is 2.19. The average molecular weight is 217 g/mol. The highest BCUT2D eigenvalue weighted by Gasteiger charge is 1.97. The number of ketones is 1. The number of carbonyl (C=O) groups is 1. The van der Waals surface area contributed by atoms with Crippen LogP contribution in [0, 0.1) is 0 Å². The molecule has 0 aromatic heterocycles. The van der Waals surface area contributed by atoms with Gasteiger partial charge in [0, 0.05) is 13.0 Å². The molecule has 0 amide bonds. The second-order valence-corrected chi connectivity index (χ2v) is 3.45. The van der Waals surface area contributed by atoms with Gasteiger partial charge in [-0.1, -0.05) is 13.8 Å². The monoisotopic (exact) mass is 217 g/mol. The van der Waals surface area contributed by atoms with Gasteiger partial charge < -0.3 is 14.4 Å². The van der Waals surface area contributed by atoms with Crippen molar-refractivity contribution in [2.45, 2.75) is 20.3 Å².